The Balaban J connectivity index is 0.00000196. The van der Waals surface area contributed by atoms with Crippen molar-refractivity contribution in [2.45, 2.75) is 6.42 Å². The van der Waals surface area contributed by atoms with Gasteiger partial charge in [-0.15, -0.1) is 0 Å². The molecule has 0 aliphatic heterocycles. The number of rotatable bonds is 5. The van der Waals surface area contributed by atoms with Crippen molar-refractivity contribution in [3.05, 3.63) is 30.3 Å². The summed E-state index contributed by atoms with van der Waals surface area (Å²) >= 11 is 0. The molecule has 0 radical (unpaired) electrons. The van der Waals surface area contributed by atoms with E-state index in [2.05, 4.69) is 0 Å². The first kappa shape index (κ1) is 13.5. The zero-order valence-electron chi connectivity index (χ0n) is 8.13. The SMILES string of the molecule is N.O=C(O)CC[P+](=O)Oc1ccccc1. The minimum Gasteiger partial charge on any atom is -0.481 e. The second-order valence-electron chi connectivity index (χ2n) is 2.60. The predicted molar refractivity (Wildman–Crippen MR) is 56.8 cm³/mol. The zero-order chi connectivity index (χ0) is 10.4. The first-order chi connectivity index (χ1) is 6.68. The Hall–Kier alpha value is -1.45. The highest BCUT2D eigenvalue weighted by atomic mass is 31.1. The van der Waals surface area contributed by atoms with E-state index >= 15 is 0 Å². The van der Waals surface area contributed by atoms with Crippen molar-refractivity contribution in [1.29, 1.82) is 0 Å². The Morgan fingerprint density at radius 1 is 1.33 bits per heavy atom. The molecule has 5 nitrogen and oxygen atoms in total. The van der Waals surface area contributed by atoms with Gasteiger partial charge >= 0.3 is 14.0 Å². The van der Waals surface area contributed by atoms with Crippen molar-refractivity contribution >= 4 is 14.0 Å². The maximum Gasteiger partial charge on any atom is 0.556 e. The van der Waals surface area contributed by atoms with Gasteiger partial charge < -0.3 is 11.3 Å². The molecule has 1 rings (SSSR count). The summed E-state index contributed by atoms with van der Waals surface area (Å²) in [5.41, 5.74) is 0. The highest BCUT2D eigenvalue weighted by Crippen LogP contribution is 2.26. The summed E-state index contributed by atoms with van der Waals surface area (Å²) in [6.07, 6.45) is -0.0956. The third-order valence-electron chi connectivity index (χ3n) is 1.46. The molecule has 0 saturated heterocycles. The van der Waals surface area contributed by atoms with Crippen LogP contribution >= 0.6 is 8.03 Å². The molecule has 1 aromatic rings. The lowest BCUT2D eigenvalue weighted by Crippen LogP contribution is -1.97. The molecule has 0 spiro atoms. The van der Waals surface area contributed by atoms with E-state index in [9.17, 15) is 9.36 Å². The normalized spacial score (nSPS) is 10.0. The molecule has 0 heterocycles. The Kier molecular flexibility index (Phi) is 6.25. The molecule has 0 bridgehead atoms. The van der Waals surface area contributed by atoms with E-state index in [4.69, 9.17) is 9.63 Å². The van der Waals surface area contributed by atoms with Gasteiger partial charge in [0.2, 0.25) is 0 Å². The first-order valence-electron chi connectivity index (χ1n) is 4.08. The Morgan fingerprint density at radius 3 is 2.47 bits per heavy atom. The predicted octanol–water partition coefficient (Wildman–Crippen LogP) is 2.44. The molecule has 0 fully saturated rings. The second-order valence-corrected chi connectivity index (χ2v) is 3.90. The molecule has 15 heavy (non-hydrogen) atoms. The average Bonchev–Trinajstić information content (AvgIpc) is 2.16. The van der Waals surface area contributed by atoms with Crippen LogP contribution in [-0.2, 0) is 9.36 Å². The Morgan fingerprint density at radius 2 is 1.93 bits per heavy atom. The van der Waals surface area contributed by atoms with Gasteiger partial charge in [-0.25, -0.2) is 0 Å². The zero-order valence-corrected chi connectivity index (χ0v) is 9.02. The van der Waals surface area contributed by atoms with Crippen molar-refractivity contribution in [2.24, 2.45) is 0 Å². The van der Waals surface area contributed by atoms with Crippen LogP contribution in [0, 0.1) is 0 Å². The fourth-order valence-electron chi connectivity index (χ4n) is 0.831. The third kappa shape index (κ3) is 5.78. The summed E-state index contributed by atoms with van der Waals surface area (Å²) in [5, 5.41) is 8.34. The number of benzene rings is 1. The van der Waals surface area contributed by atoms with E-state index < -0.39 is 14.0 Å². The number of para-hydroxylation sites is 1. The number of hydrogen-bond donors (Lipinski definition) is 2. The number of carboxylic acids is 1. The van der Waals surface area contributed by atoms with Crippen LogP contribution in [0.5, 0.6) is 5.75 Å². The van der Waals surface area contributed by atoms with E-state index in [1.165, 1.54) is 0 Å². The molecule has 82 valence electrons. The van der Waals surface area contributed by atoms with Crippen LogP contribution in [0.1, 0.15) is 6.42 Å². The summed E-state index contributed by atoms with van der Waals surface area (Å²) in [7, 11) is -1.92. The van der Waals surface area contributed by atoms with Crippen LogP contribution in [0.4, 0.5) is 0 Å². The molecule has 4 N–H and O–H groups in total. The highest BCUT2D eigenvalue weighted by Gasteiger charge is 2.20. The third-order valence-corrected chi connectivity index (χ3v) is 2.46. The Labute approximate surface area is 88.5 Å². The van der Waals surface area contributed by atoms with Crippen molar-refractivity contribution in [3.63, 3.8) is 0 Å². The molecule has 0 aliphatic rings. The van der Waals surface area contributed by atoms with Crippen molar-refractivity contribution in [1.82, 2.24) is 6.15 Å². The van der Waals surface area contributed by atoms with Gasteiger partial charge in [-0.05, 0) is 16.7 Å². The van der Waals surface area contributed by atoms with Crippen LogP contribution in [-0.4, -0.2) is 17.2 Å². The second kappa shape index (κ2) is 6.92. The van der Waals surface area contributed by atoms with Gasteiger partial charge in [-0.1, -0.05) is 18.2 Å². The molecular weight excluding hydrogens is 217 g/mol. The monoisotopic (exact) mass is 230 g/mol. The smallest absolute Gasteiger partial charge is 0.481 e. The lowest BCUT2D eigenvalue weighted by molar-refractivity contribution is -0.136. The minimum atomic E-state index is -1.92. The highest BCUT2D eigenvalue weighted by molar-refractivity contribution is 7.39. The van der Waals surface area contributed by atoms with Crippen LogP contribution in [0.3, 0.4) is 0 Å². The Bertz CT molecular complexity index is 328. The van der Waals surface area contributed by atoms with Crippen LogP contribution < -0.4 is 10.7 Å². The average molecular weight is 230 g/mol. The van der Waals surface area contributed by atoms with Crippen LogP contribution in [0.15, 0.2) is 30.3 Å². The quantitative estimate of drug-likeness (QED) is 0.757. The summed E-state index contributed by atoms with van der Waals surface area (Å²) in [5.74, 6) is -0.469. The topological polar surface area (TPSA) is 98.6 Å². The van der Waals surface area contributed by atoms with Gasteiger partial charge in [0, 0.05) is 0 Å². The minimum absolute atomic E-state index is 0. The van der Waals surface area contributed by atoms with E-state index in [-0.39, 0.29) is 18.7 Å². The number of carbonyl (C=O) groups is 1. The van der Waals surface area contributed by atoms with E-state index in [1.54, 1.807) is 24.3 Å². The maximum atomic E-state index is 11.2. The number of aliphatic carboxylic acids is 1. The molecular formula is C9H13NO4P+. The van der Waals surface area contributed by atoms with Gasteiger partial charge in [0.15, 0.2) is 11.9 Å². The fourth-order valence-corrected chi connectivity index (χ4v) is 1.65. The molecule has 1 unspecified atom stereocenters. The van der Waals surface area contributed by atoms with E-state index in [0.717, 1.165) is 0 Å². The van der Waals surface area contributed by atoms with Crippen molar-refractivity contribution in [3.8, 4) is 5.75 Å². The number of hydrogen-bond acceptors (Lipinski definition) is 4. The van der Waals surface area contributed by atoms with E-state index in [0.29, 0.717) is 5.75 Å². The standard InChI is InChI=1S/C9H9O4P.H3N/c10-9(11)6-7-14(12)13-8-4-2-1-3-5-8;/h1-5H,6-7H2;1H3/p+1. The lowest BCUT2D eigenvalue weighted by atomic mass is 10.3. The summed E-state index contributed by atoms with van der Waals surface area (Å²) in [6, 6.07) is 8.69. The van der Waals surface area contributed by atoms with Gasteiger partial charge in [-0.2, -0.15) is 0 Å². The lowest BCUT2D eigenvalue weighted by Gasteiger charge is -1.91. The first-order valence-corrected chi connectivity index (χ1v) is 5.44. The van der Waals surface area contributed by atoms with Crippen molar-refractivity contribution < 1.29 is 19.0 Å². The summed E-state index contributed by atoms with van der Waals surface area (Å²) in [6.45, 7) is 0. The largest absolute Gasteiger partial charge is 0.556 e. The molecule has 6 heteroatoms. The van der Waals surface area contributed by atoms with E-state index in [1.807, 2.05) is 6.07 Å². The number of carboxylic acid groups (broad SMARTS) is 1. The van der Waals surface area contributed by atoms with Gasteiger partial charge in [0.25, 0.3) is 0 Å². The molecule has 1 atom stereocenters. The molecule has 0 aliphatic carbocycles. The molecule has 0 amide bonds. The van der Waals surface area contributed by atoms with Gasteiger partial charge in [-0.3, -0.25) is 9.32 Å². The van der Waals surface area contributed by atoms with Crippen LogP contribution in [0.2, 0.25) is 0 Å². The molecule has 1 aromatic carbocycles. The molecule has 0 saturated carbocycles. The maximum absolute atomic E-state index is 11.2. The summed E-state index contributed by atoms with van der Waals surface area (Å²) < 4.78 is 16.2. The molecule has 0 aromatic heterocycles. The van der Waals surface area contributed by atoms with Gasteiger partial charge in [0.1, 0.15) is 0 Å². The van der Waals surface area contributed by atoms with Crippen molar-refractivity contribution in [2.75, 3.05) is 6.16 Å². The fraction of sp³-hybridized carbons (Fsp3) is 0.222. The summed E-state index contributed by atoms with van der Waals surface area (Å²) in [4.78, 5) is 10.2. The van der Waals surface area contributed by atoms with Crippen LogP contribution in [0.25, 0.3) is 0 Å². The van der Waals surface area contributed by atoms with Gasteiger partial charge in [0.05, 0.1) is 6.42 Å².